The summed E-state index contributed by atoms with van der Waals surface area (Å²) in [6.45, 7) is 7.44. The van der Waals surface area contributed by atoms with E-state index in [9.17, 15) is 13.2 Å². The van der Waals surface area contributed by atoms with Crippen molar-refractivity contribution >= 4 is 16.0 Å². The van der Waals surface area contributed by atoms with E-state index >= 15 is 0 Å². The molecule has 0 atom stereocenters. The summed E-state index contributed by atoms with van der Waals surface area (Å²) in [5.74, 6) is 11.4. The van der Waals surface area contributed by atoms with Crippen LogP contribution in [-0.2, 0) is 19.6 Å². The zero-order valence-corrected chi connectivity index (χ0v) is 19.8. The first-order chi connectivity index (χ1) is 15.2. The molecule has 0 unspecified atom stereocenters. The molecule has 0 saturated carbocycles. The van der Waals surface area contributed by atoms with E-state index in [1.54, 1.807) is 45.0 Å². The largest absolute Gasteiger partial charge is 0.466 e. The van der Waals surface area contributed by atoms with Crippen molar-refractivity contribution in [3.8, 4) is 23.7 Å². The van der Waals surface area contributed by atoms with Gasteiger partial charge in [-0.15, -0.1) is 5.92 Å². The molecule has 0 amide bonds. The molecule has 2 rings (SSSR count). The third-order valence-corrected chi connectivity index (χ3v) is 6.47. The van der Waals surface area contributed by atoms with Crippen LogP contribution in [0, 0.1) is 36.0 Å². The molecule has 0 aliphatic carbocycles. The van der Waals surface area contributed by atoms with Crippen molar-refractivity contribution < 1.29 is 17.9 Å². The van der Waals surface area contributed by atoms with E-state index in [1.165, 1.54) is 4.31 Å². The monoisotopic (exact) mass is 451 g/mol. The van der Waals surface area contributed by atoms with E-state index in [-0.39, 0.29) is 30.4 Å². The van der Waals surface area contributed by atoms with Crippen molar-refractivity contribution in [2.75, 3.05) is 19.7 Å². The minimum absolute atomic E-state index is 0.00104. The summed E-state index contributed by atoms with van der Waals surface area (Å²) >= 11 is 0. The topological polar surface area (TPSA) is 63.7 Å². The van der Waals surface area contributed by atoms with Gasteiger partial charge in [-0.05, 0) is 52.0 Å². The summed E-state index contributed by atoms with van der Waals surface area (Å²) < 4.78 is 32.7. The molecule has 0 aromatic heterocycles. The highest BCUT2D eigenvalue weighted by atomic mass is 32.2. The maximum Gasteiger partial charge on any atom is 0.312 e. The van der Waals surface area contributed by atoms with Crippen molar-refractivity contribution in [3.63, 3.8) is 0 Å². The molecule has 6 heteroatoms. The molecule has 0 bridgehead atoms. The summed E-state index contributed by atoms with van der Waals surface area (Å²) in [6.07, 6.45) is 0.264. The van der Waals surface area contributed by atoms with Gasteiger partial charge >= 0.3 is 5.97 Å². The molecular weight excluding hydrogens is 422 g/mol. The zero-order chi connectivity index (χ0) is 23.6. The molecular formula is C26H29NO4S. The lowest BCUT2D eigenvalue weighted by Crippen LogP contribution is -2.32. The van der Waals surface area contributed by atoms with Gasteiger partial charge in [-0.25, -0.2) is 8.42 Å². The molecule has 0 fully saturated rings. The van der Waals surface area contributed by atoms with Crippen LogP contribution in [0.2, 0.25) is 0 Å². The first-order valence-corrected chi connectivity index (χ1v) is 11.8. The smallest absolute Gasteiger partial charge is 0.312 e. The number of hydrogen-bond donors (Lipinski definition) is 0. The number of benzene rings is 2. The zero-order valence-electron chi connectivity index (χ0n) is 19.0. The van der Waals surface area contributed by atoms with Crippen LogP contribution in [-0.4, -0.2) is 38.4 Å². The fourth-order valence-corrected chi connectivity index (χ4v) is 3.91. The third kappa shape index (κ3) is 7.27. The van der Waals surface area contributed by atoms with Gasteiger partial charge < -0.3 is 4.74 Å². The molecule has 2 aromatic carbocycles. The van der Waals surface area contributed by atoms with E-state index in [4.69, 9.17) is 4.74 Å². The van der Waals surface area contributed by atoms with Gasteiger partial charge in [-0.3, -0.25) is 4.79 Å². The number of ether oxygens (including phenoxy) is 1. The molecule has 168 valence electrons. The Kier molecular flexibility index (Phi) is 9.08. The summed E-state index contributed by atoms with van der Waals surface area (Å²) in [6, 6.07) is 16.1. The average molecular weight is 452 g/mol. The lowest BCUT2D eigenvalue weighted by Gasteiger charge is -2.19. The Morgan fingerprint density at radius 2 is 1.59 bits per heavy atom. The maximum absolute atomic E-state index is 13.2. The van der Waals surface area contributed by atoms with E-state index in [0.29, 0.717) is 6.61 Å². The van der Waals surface area contributed by atoms with Crippen molar-refractivity contribution in [3.05, 3.63) is 65.7 Å². The van der Waals surface area contributed by atoms with Crippen molar-refractivity contribution in [2.45, 2.75) is 39.0 Å². The van der Waals surface area contributed by atoms with Gasteiger partial charge in [0, 0.05) is 12.0 Å². The Bertz CT molecular complexity index is 1130. The van der Waals surface area contributed by atoms with Crippen LogP contribution in [0.25, 0.3) is 0 Å². The molecule has 0 heterocycles. The Morgan fingerprint density at radius 3 is 2.22 bits per heavy atom. The van der Waals surface area contributed by atoms with Crippen LogP contribution in [0.15, 0.2) is 59.5 Å². The van der Waals surface area contributed by atoms with Crippen LogP contribution in [0.3, 0.4) is 0 Å². The van der Waals surface area contributed by atoms with Crippen molar-refractivity contribution in [1.29, 1.82) is 0 Å². The highest BCUT2D eigenvalue weighted by Gasteiger charge is 2.28. The fourth-order valence-electron chi connectivity index (χ4n) is 2.66. The Labute approximate surface area is 191 Å². The Balaban J connectivity index is 2.22. The number of carbonyl (C=O) groups excluding carboxylic acids is 1. The average Bonchev–Trinajstić information content (AvgIpc) is 2.76. The second-order valence-corrected chi connectivity index (χ2v) is 9.83. The van der Waals surface area contributed by atoms with Gasteiger partial charge in [0.15, 0.2) is 0 Å². The number of hydrogen-bond acceptors (Lipinski definition) is 4. The van der Waals surface area contributed by atoms with Crippen LogP contribution >= 0.6 is 0 Å². The Morgan fingerprint density at radius 1 is 0.969 bits per heavy atom. The first kappa shape index (κ1) is 25.2. The molecule has 2 aromatic rings. The van der Waals surface area contributed by atoms with Gasteiger partial charge in [-0.1, -0.05) is 53.7 Å². The van der Waals surface area contributed by atoms with Gasteiger partial charge in [0.2, 0.25) is 10.0 Å². The van der Waals surface area contributed by atoms with E-state index < -0.39 is 15.4 Å². The first-order valence-electron chi connectivity index (χ1n) is 10.4. The molecule has 0 spiro atoms. The van der Waals surface area contributed by atoms with Crippen molar-refractivity contribution in [2.24, 2.45) is 5.41 Å². The summed E-state index contributed by atoms with van der Waals surface area (Å²) in [5.41, 5.74) is 1.01. The molecule has 5 nitrogen and oxygen atoms in total. The number of nitrogens with zero attached hydrogens (tertiary/aromatic N) is 1. The molecule has 0 saturated heterocycles. The normalized spacial score (nSPS) is 11.2. The van der Waals surface area contributed by atoms with Crippen LogP contribution < -0.4 is 0 Å². The molecule has 0 radical (unpaired) electrons. The lowest BCUT2D eigenvalue weighted by molar-refractivity contribution is -0.153. The van der Waals surface area contributed by atoms with Crippen LogP contribution in [0.5, 0.6) is 0 Å². The van der Waals surface area contributed by atoms with Crippen molar-refractivity contribution in [1.82, 2.24) is 4.31 Å². The van der Waals surface area contributed by atoms with E-state index in [0.717, 1.165) is 11.1 Å². The van der Waals surface area contributed by atoms with Crippen LogP contribution in [0.1, 0.15) is 38.3 Å². The minimum atomic E-state index is -3.78. The molecule has 0 aliphatic rings. The summed E-state index contributed by atoms with van der Waals surface area (Å²) in [7, 11) is -3.78. The molecule has 0 aliphatic heterocycles. The quantitative estimate of drug-likeness (QED) is 0.471. The number of rotatable bonds is 7. The van der Waals surface area contributed by atoms with E-state index in [2.05, 4.69) is 23.7 Å². The van der Waals surface area contributed by atoms with Gasteiger partial charge in [0.05, 0.1) is 30.0 Å². The lowest BCUT2D eigenvalue weighted by atomic mass is 9.90. The predicted molar refractivity (Wildman–Crippen MR) is 126 cm³/mol. The molecule has 0 N–H and O–H groups in total. The third-order valence-electron chi connectivity index (χ3n) is 4.66. The highest BCUT2D eigenvalue weighted by molar-refractivity contribution is 7.89. The van der Waals surface area contributed by atoms with Crippen LogP contribution in [0.4, 0.5) is 0 Å². The summed E-state index contributed by atoms with van der Waals surface area (Å²) in [5, 5.41) is 0. The fraction of sp³-hybridized carbons (Fsp3) is 0.346. The minimum Gasteiger partial charge on any atom is -0.466 e. The van der Waals surface area contributed by atoms with Gasteiger partial charge in [0.1, 0.15) is 0 Å². The second-order valence-electron chi connectivity index (χ2n) is 7.89. The number of aryl methyl sites for hydroxylation is 1. The highest BCUT2D eigenvalue weighted by Crippen LogP contribution is 2.21. The van der Waals surface area contributed by atoms with E-state index in [1.807, 2.05) is 37.3 Å². The number of carbonyl (C=O) groups is 1. The second kappa shape index (κ2) is 11.5. The number of esters is 1. The van der Waals surface area contributed by atoms with Gasteiger partial charge in [0.25, 0.3) is 0 Å². The van der Waals surface area contributed by atoms with Gasteiger partial charge in [-0.2, -0.15) is 4.31 Å². The number of sulfonamides is 1. The Hall–Kier alpha value is -3.06. The SMILES string of the molecule is CCOC(=O)C(C)(C)CC#CCN(CC#Cc1ccccc1)S(=O)(=O)c1ccc(C)cc1. The maximum atomic E-state index is 13.2. The standard InChI is InChI=1S/C26H29NO4S/c1-5-31-25(28)26(3,4)19-9-10-20-27(21-11-14-23-12-7-6-8-13-23)32(29,30)24-17-15-22(2)16-18-24/h6-8,12-13,15-18H,5,19-21H2,1-4H3. The molecule has 32 heavy (non-hydrogen) atoms. The summed E-state index contributed by atoms with van der Waals surface area (Å²) in [4.78, 5) is 12.2. The predicted octanol–water partition coefficient (Wildman–Crippen LogP) is 4.02.